The molecule has 0 aliphatic rings. The minimum absolute atomic E-state index is 0.0111. The third-order valence-electron chi connectivity index (χ3n) is 1.92. The first-order valence-corrected chi connectivity index (χ1v) is 5.09. The molecular weight excluding hydrogens is 285 g/mol. The highest BCUT2D eigenvalue weighted by Gasteiger charge is 2.33. The summed E-state index contributed by atoms with van der Waals surface area (Å²) in [6.45, 7) is 4.86. The highest BCUT2D eigenvalue weighted by atomic mass is 79.9. The number of ketones is 1. The lowest BCUT2D eigenvalue weighted by Crippen LogP contribution is -2.09. The van der Waals surface area contributed by atoms with E-state index in [1.165, 1.54) is 19.1 Å². The Kier molecular flexibility index (Phi) is 3.57. The summed E-state index contributed by atoms with van der Waals surface area (Å²) in [5.41, 5.74) is -0.668. The maximum Gasteiger partial charge on any atom is 0.417 e. The normalized spacial score (nSPS) is 11.3. The van der Waals surface area contributed by atoms with E-state index in [1.54, 1.807) is 0 Å². The van der Waals surface area contributed by atoms with Crippen molar-refractivity contribution in [1.29, 1.82) is 0 Å². The lowest BCUT2D eigenvalue weighted by Gasteiger charge is -2.10. The molecule has 0 radical (unpaired) electrons. The first-order valence-electron chi connectivity index (χ1n) is 4.30. The molecule has 16 heavy (non-hydrogen) atoms. The summed E-state index contributed by atoms with van der Waals surface area (Å²) < 4.78 is 37.5. The van der Waals surface area contributed by atoms with E-state index in [0.717, 1.165) is 6.07 Å². The number of Topliss-reactive ketones (excluding diaryl/α,β-unsaturated/α-hetero) is 1. The van der Waals surface area contributed by atoms with E-state index in [1.807, 2.05) is 0 Å². The second kappa shape index (κ2) is 4.41. The van der Waals surface area contributed by atoms with Crippen LogP contribution in [-0.2, 0) is 6.18 Å². The molecule has 0 saturated carbocycles. The van der Waals surface area contributed by atoms with Crippen molar-refractivity contribution < 1.29 is 18.0 Å². The van der Waals surface area contributed by atoms with Gasteiger partial charge in [-0.3, -0.25) is 4.79 Å². The van der Waals surface area contributed by atoms with Gasteiger partial charge in [0, 0.05) is 10.0 Å². The van der Waals surface area contributed by atoms with Crippen LogP contribution < -0.4 is 0 Å². The van der Waals surface area contributed by atoms with Crippen LogP contribution in [0.3, 0.4) is 0 Å². The molecule has 5 heteroatoms. The maximum absolute atomic E-state index is 12.5. The zero-order valence-electron chi connectivity index (χ0n) is 8.36. The molecule has 0 unspecified atom stereocenters. The van der Waals surface area contributed by atoms with Crippen molar-refractivity contribution in [2.45, 2.75) is 13.1 Å². The molecule has 86 valence electrons. The zero-order valence-corrected chi connectivity index (χ0v) is 9.95. The number of halogens is 4. The zero-order chi connectivity index (χ0) is 12.5. The Morgan fingerprint density at radius 1 is 1.38 bits per heavy atom. The number of carbonyl (C=O) groups is 1. The summed E-state index contributed by atoms with van der Waals surface area (Å²) in [6.07, 6.45) is -4.48. The van der Waals surface area contributed by atoms with Gasteiger partial charge in [0.25, 0.3) is 0 Å². The van der Waals surface area contributed by atoms with Crippen LogP contribution in [0.25, 0.3) is 0 Å². The summed E-state index contributed by atoms with van der Waals surface area (Å²) in [7, 11) is 0. The first kappa shape index (κ1) is 13.0. The van der Waals surface area contributed by atoms with Crippen molar-refractivity contribution in [3.05, 3.63) is 46.0 Å². The summed E-state index contributed by atoms with van der Waals surface area (Å²) in [4.78, 5) is 11.5. The average Bonchev–Trinajstić information content (AvgIpc) is 2.15. The fourth-order valence-electron chi connectivity index (χ4n) is 1.13. The molecule has 0 N–H and O–H groups in total. The number of rotatable bonds is 2. The van der Waals surface area contributed by atoms with Gasteiger partial charge in [0.1, 0.15) is 0 Å². The maximum atomic E-state index is 12.5. The minimum atomic E-state index is -4.48. The molecule has 0 aliphatic carbocycles. The summed E-state index contributed by atoms with van der Waals surface area (Å²) in [5.74, 6) is -0.488. The molecule has 0 amide bonds. The Hall–Kier alpha value is -1.10. The van der Waals surface area contributed by atoms with Crippen LogP contribution >= 0.6 is 15.9 Å². The van der Waals surface area contributed by atoms with E-state index in [2.05, 4.69) is 22.5 Å². The van der Waals surface area contributed by atoms with Gasteiger partial charge in [0.15, 0.2) is 5.78 Å². The number of allylic oxidation sites excluding steroid dienone is 1. The van der Waals surface area contributed by atoms with Gasteiger partial charge in [-0.1, -0.05) is 22.5 Å². The van der Waals surface area contributed by atoms with Gasteiger partial charge in [-0.05, 0) is 30.7 Å². The summed E-state index contributed by atoms with van der Waals surface area (Å²) >= 11 is 2.80. The molecule has 1 nitrogen and oxygen atoms in total. The van der Waals surface area contributed by atoms with E-state index in [9.17, 15) is 18.0 Å². The van der Waals surface area contributed by atoms with Crippen LogP contribution in [0.2, 0.25) is 0 Å². The molecule has 0 aliphatic heterocycles. The number of alkyl halides is 3. The molecule has 0 bridgehead atoms. The number of hydrogen-bond acceptors (Lipinski definition) is 1. The Morgan fingerprint density at radius 3 is 2.38 bits per heavy atom. The van der Waals surface area contributed by atoms with Crippen molar-refractivity contribution in [3.63, 3.8) is 0 Å². The second-order valence-electron chi connectivity index (χ2n) is 3.30. The molecule has 0 saturated heterocycles. The lowest BCUT2D eigenvalue weighted by molar-refractivity contribution is -0.138. The SMILES string of the molecule is C=C(C)C(=O)c1ccc(Br)c(C(F)(F)F)c1. The monoisotopic (exact) mass is 292 g/mol. The quantitative estimate of drug-likeness (QED) is 0.589. The standard InChI is InChI=1S/C11H8BrF3O/c1-6(2)10(16)7-3-4-9(12)8(5-7)11(13,14)15/h3-5H,1H2,2H3. The van der Waals surface area contributed by atoms with Gasteiger partial charge >= 0.3 is 6.18 Å². The van der Waals surface area contributed by atoms with Crippen LogP contribution in [0, 0.1) is 0 Å². The van der Waals surface area contributed by atoms with E-state index in [4.69, 9.17) is 0 Å². The summed E-state index contributed by atoms with van der Waals surface area (Å²) in [5, 5.41) is 0. The van der Waals surface area contributed by atoms with Gasteiger partial charge in [-0.25, -0.2) is 0 Å². The molecule has 0 fully saturated rings. The van der Waals surface area contributed by atoms with Gasteiger partial charge in [0.05, 0.1) is 5.56 Å². The van der Waals surface area contributed by atoms with Crippen LogP contribution in [0.4, 0.5) is 13.2 Å². The second-order valence-corrected chi connectivity index (χ2v) is 4.16. The molecule has 0 aromatic heterocycles. The molecule has 0 atom stereocenters. The van der Waals surface area contributed by atoms with Crippen LogP contribution in [0.1, 0.15) is 22.8 Å². The average molecular weight is 293 g/mol. The third kappa shape index (κ3) is 2.72. The predicted molar refractivity (Wildman–Crippen MR) is 58.3 cm³/mol. The highest BCUT2D eigenvalue weighted by Crippen LogP contribution is 2.35. The number of benzene rings is 1. The van der Waals surface area contributed by atoms with Crippen LogP contribution in [0.15, 0.2) is 34.8 Å². The van der Waals surface area contributed by atoms with Gasteiger partial charge in [-0.2, -0.15) is 13.2 Å². The van der Waals surface area contributed by atoms with Crippen LogP contribution in [0.5, 0.6) is 0 Å². The topological polar surface area (TPSA) is 17.1 Å². The van der Waals surface area contributed by atoms with Crippen LogP contribution in [-0.4, -0.2) is 5.78 Å². The lowest BCUT2D eigenvalue weighted by atomic mass is 10.0. The molecular formula is C11H8BrF3O. The first-order chi connectivity index (χ1) is 7.23. The Balaban J connectivity index is 3.28. The Bertz CT molecular complexity index is 449. The van der Waals surface area contributed by atoms with Gasteiger partial charge in [-0.15, -0.1) is 0 Å². The van der Waals surface area contributed by atoms with E-state index in [0.29, 0.717) is 0 Å². The fraction of sp³-hybridized carbons (Fsp3) is 0.182. The van der Waals surface area contributed by atoms with Gasteiger partial charge < -0.3 is 0 Å². The molecule has 1 rings (SSSR count). The van der Waals surface area contributed by atoms with Crippen molar-refractivity contribution in [1.82, 2.24) is 0 Å². The van der Waals surface area contributed by atoms with Crippen molar-refractivity contribution in [3.8, 4) is 0 Å². The summed E-state index contributed by atoms with van der Waals surface area (Å²) in [6, 6.07) is 3.36. The fourth-order valence-corrected chi connectivity index (χ4v) is 1.60. The molecule has 0 spiro atoms. The smallest absolute Gasteiger partial charge is 0.289 e. The molecule has 1 aromatic rings. The van der Waals surface area contributed by atoms with Crippen molar-refractivity contribution in [2.24, 2.45) is 0 Å². The largest absolute Gasteiger partial charge is 0.417 e. The highest BCUT2D eigenvalue weighted by molar-refractivity contribution is 9.10. The van der Waals surface area contributed by atoms with Gasteiger partial charge in [0.2, 0.25) is 0 Å². The van der Waals surface area contributed by atoms with E-state index < -0.39 is 17.5 Å². The van der Waals surface area contributed by atoms with Crippen molar-refractivity contribution in [2.75, 3.05) is 0 Å². The Labute approximate surface area is 99.1 Å². The number of carbonyl (C=O) groups excluding carboxylic acids is 1. The predicted octanol–water partition coefficient (Wildman–Crippen LogP) is 4.23. The minimum Gasteiger partial charge on any atom is -0.289 e. The molecule has 1 aromatic carbocycles. The third-order valence-corrected chi connectivity index (χ3v) is 2.61. The number of hydrogen-bond donors (Lipinski definition) is 0. The van der Waals surface area contributed by atoms with E-state index >= 15 is 0 Å². The van der Waals surface area contributed by atoms with Crippen molar-refractivity contribution >= 4 is 21.7 Å². The van der Waals surface area contributed by atoms with E-state index in [-0.39, 0.29) is 15.6 Å². The Morgan fingerprint density at radius 2 is 1.94 bits per heavy atom. The molecule has 0 heterocycles.